The van der Waals surface area contributed by atoms with Gasteiger partial charge in [0.05, 0.1) is 13.5 Å². The van der Waals surface area contributed by atoms with Crippen LogP contribution in [-0.4, -0.2) is 18.6 Å². The lowest BCUT2D eigenvalue weighted by atomic mass is 9.43. The molecule has 2 bridgehead atoms. The van der Waals surface area contributed by atoms with Crippen molar-refractivity contribution in [3.63, 3.8) is 0 Å². The molecule has 3 saturated carbocycles. The van der Waals surface area contributed by atoms with Crippen LogP contribution in [0.4, 0.5) is 0 Å². The van der Waals surface area contributed by atoms with E-state index < -0.39 is 0 Å². The van der Waals surface area contributed by atoms with Crippen LogP contribution in [0.3, 0.4) is 0 Å². The van der Waals surface area contributed by atoms with Gasteiger partial charge >= 0.3 is 5.97 Å². The van der Waals surface area contributed by atoms with Crippen LogP contribution in [0.25, 0.3) is 0 Å². The van der Waals surface area contributed by atoms with E-state index in [1.165, 1.54) is 13.5 Å². The van der Waals surface area contributed by atoms with Gasteiger partial charge in [0.15, 0.2) is 0 Å². The monoisotopic (exact) mass is 211 g/mol. The van der Waals surface area contributed by atoms with E-state index in [0.717, 1.165) is 18.8 Å². The Balaban J connectivity index is 2.11. The summed E-state index contributed by atoms with van der Waals surface area (Å²) in [5.74, 6) is 1.14. The Kier molecular flexibility index (Phi) is 2.34. The summed E-state index contributed by atoms with van der Waals surface area (Å²) in [7, 11) is 1.43. The predicted molar refractivity (Wildman–Crippen MR) is 58.2 cm³/mol. The highest BCUT2D eigenvalue weighted by molar-refractivity contribution is 5.71. The molecule has 0 aliphatic heterocycles. The standard InChI is InChI=1S/C12H21NO2/c1-11(2)8-4-5-12(13,9(11)6-8)7-10(14)15-3/h8-9H,4-7,13H2,1-3H3. The SMILES string of the molecule is COC(=O)CC1(N)CCC2CC1C2(C)C. The molecule has 0 aromatic rings. The predicted octanol–water partition coefficient (Wildman–Crippen LogP) is 1.70. The second kappa shape index (κ2) is 3.21. The molecule has 3 unspecified atom stereocenters. The molecule has 3 aliphatic rings. The number of ether oxygens (including phenoxy) is 1. The first-order valence-electron chi connectivity index (χ1n) is 5.76. The zero-order valence-corrected chi connectivity index (χ0v) is 9.88. The van der Waals surface area contributed by atoms with Crippen molar-refractivity contribution >= 4 is 5.97 Å². The first-order valence-corrected chi connectivity index (χ1v) is 5.76. The van der Waals surface area contributed by atoms with Crippen LogP contribution >= 0.6 is 0 Å². The molecule has 0 heterocycles. The third-order valence-corrected chi connectivity index (χ3v) is 4.82. The van der Waals surface area contributed by atoms with Crippen molar-refractivity contribution in [3.8, 4) is 0 Å². The van der Waals surface area contributed by atoms with Gasteiger partial charge in [0, 0.05) is 5.54 Å². The highest BCUT2D eigenvalue weighted by atomic mass is 16.5. The number of hydrogen-bond acceptors (Lipinski definition) is 3. The smallest absolute Gasteiger partial charge is 0.307 e. The Morgan fingerprint density at radius 2 is 2.20 bits per heavy atom. The normalized spacial score (nSPS) is 41.9. The maximum Gasteiger partial charge on any atom is 0.307 e. The summed E-state index contributed by atoms with van der Waals surface area (Å²) in [6.45, 7) is 4.56. The highest BCUT2D eigenvalue weighted by Gasteiger charge is 2.60. The molecule has 3 aliphatic carbocycles. The topological polar surface area (TPSA) is 52.3 Å². The molecular formula is C12H21NO2. The van der Waals surface area contributed by atoms with Gasteiger partial charge in [-0.05, 0) is 36.5 Å². The van der Waals surface area contributed by atoms with Crippen molar-refractivity contribution in [1.29, 1.82) is 0 Å². The second-order valence-electron chi connectivity index (χ2n) is 5.83. The largest absolute Gasteiger partial charge is 0.469 e. The minimum atomic E-state index is -0.314. The maximum absolute atomic E-state index is 11.4. The second-order valence-corrected chi connectivity index (χ2v) is 5.83. The van der Waals surface area contributed by atoms with E-state index in [4.69, 9.17) is 10.5 Å². The van der Waals surface area contributed by atoms with Crippen LogP contribution in [0.1, 0.15) is 39.5 Å². The number of carbonyl (C=O) groups is 1. The Morgan fingerprint density at radius 1 is 1.53 bits per heavy atom. The van der Waals surface area contributed by atoms with Crippen molar-refractivity contribution in [2.24, 2.45) is 23.0 Å². The van der Waals surface area contributed by atoms with Crippen molar-refractivity contribution in [2.75, 3.05) is 7.11 Å². The maximum atomic E-state index is 11.4. The van der Waals surface area contributed by atoms with Crippen molar-refractivity contribution in [1.82, 2.24) is 0 Å². The number of fused-ring (bicyclic) bond motifs is 2. The number of rotatable bonds is 2. The summed E-state index contributed by atoms with van der Waals surface area (Å²) in [6.07, 6.45) is 3.71. The van der Waals surface area contributed by atoms with E-state index >= 15 is 0 Å². The van der Waals surface area contributed by atoms with Crippen molar-refractivity contribution in [2.45, 2.75) is 45.1 Å². The molecule has 0 aromatic heterocycles. The highest BCUT2D eigenvalue weighted by Crippen LogP contribution is 2.62. The van der Waals surface area contributed by atoms with Crippen molar-refractivity contribution in [3.05, 3.63) is 0 Å². The van der Waals surface area contributed by atoms with E-state index in [9.17, 15) is 4.79 Å². The number of carbonyl (C=O) groups excluding carboxylic acids is 1. The molecule has 0 amide bonds. The van der Waals surface area contributed by atoms with Gasteiger partial charge in [-0.25, -0.2) is 0 Å². The minimum Gasteiger partial charge on any atom is -0.469 e. The number of methoxy groups -OCH3 is 1. The van der Waals surface area contributed by atoms with Gasteiger partial charge in [0.25, 0.3) is 0 Å². The molecule has 2 N–H and O–H groups in total. The Hall–Kier alpha value is -0.570. The average Bonchev–Trinajstić information content (AvgIpc) is 2.16. The van der Waals surface area contributed by atoms with Gasteiger partial charge in [-0.15, -0.1) is 0 Å². The van der Waals surface area contributed by atoms with Crippen LogP contribution in [0, 0.1) is 17.3 Å². The quantitative estimate of drug-likeness (QED) is 0.707. The third-order valence-electron chi connectivity index (χ3n) is 4.82. The van der Waals surface area contributed by atoms with Crippen LogP contribution in [0.5, 0.6) is 0 Å². The van der Waals surface area contributed by atoms with E-state index in [1.54, 1.807) is 0 Å². The van der Waals surface area contributed by atoms with Crippen molar-refractivity contribution < 1.29 is 9.53 Å². The van der Waals surface area contributed by atoms with E-state index in [-0.39, 0.29) is 11.5 Å². The van der Waals surface area contributed by atoms with E-state index in [2.05, 4.69) is 13.8 Å². The first-order chi connectivity index (χ1) is 6.90. The van der Waals surface area contributed by atoms with Gasteiger partial charge in [0.1, 0.15) is 0 Å². The summed E-state index contributed by atoms with van der Waals surface area (Å²) < 4.78 is 4.73. The number of esters is 1. The Labute approximate surface area is 91.4 Å². The molecule has 15 heavy (non-hydrogen) atoms. The minimum absolute atomic E-state index is 0.168. The lowest BCUT2D eigenvalue weighted by Crippen LogP contribution is -2.66. The van der Waals surface area contributed by atoms with Gasteiger partial charge in [-0.1, -0.05) is 13.8 Å². The summed E-state index contributed by atoms with van der Waals surface area (Å²) >= 11 is 0. The molecule has 3 atom stereocenters. The molecule has 0 saturated heterocycles. The molecular weight excluding hydrogens is 190 g/mol. The molecule has 0 spiro atoms. The Bertz CT molecular complexity index is 285. The lowest BCUT2D eigenvalue weighted by Gasteiger charge is -2.64. The fourth-order valence-corrected chi connectivity index (χ4v) is 3.65. The average molecular weight is 211 g/mol. The summed E-state index contributed by atoms with van der Waals surface area (Å²) in [6, 6.07) is 0. The molecule has 3 heteroatoms. The fraction of sp³-hybridized carbons (Fsp3) is 0.917. The molecule has 86 valence electrons. The van der Waals surface area contributed by atoms with Gasteiger partial charge in [-0.2, -0.15) is 0 Å². The fourth-order valence-electron chi connectivity index (χ4n) is 3.65. The molecule has 3 fully saturated rings. The summed E-state index contributed by atoms with van der Waals surface area (Å²) in [5, 5.41) is 0. The lowest BCUT2D eigenvalue weighted by molar-refractivity contribution is -0.153. The van der Waals surface area contributed by atoms with Crippen LogP contribution < -0.4 is 5.73 Å². The van der Waals surface area contributed by atoms with Gasteiger partial charge < -0.3 is 10.5 Å². The van der Waals surface area contributed by atoms with E-state index in [0.29, 0.717) is 17.8 Å². The Morgan fingerprint density at radius 3 is 2.67 bits per heavy atom. The number of nitrogens with two attached hydrogens (primary N) is 1. The van der Waals surface area contributed by atoms with Gasteiger partial charge in [-0.3, -0.25) is 4.79 Å². The van der Waals surface area contributed by atoms with E-state index in [1.807, 2.05) is 0 Å². The number of hydrogen-bond donors (Lipinski definition) is 1. The zero-order chi connectivity index (χ0) is 11.3. The molecule has 0 aromatic carbocycles. The summed E-state index contributed by atoms with van der Waals surface area (Å²) in [5.41, 5.74) is 6.40. The third kappa shape index (κ3) is 1.48. The van der Waals surface area contributed by atoms with Crippen LogP contribution in [0.15, 0.2) is 0 Å². The van der Waals surface area contributed by atoms with Crippen LogP contribution in [-0.2, 0) is 9.53 Å². The molecule has 0 radical (unpaired) electrons. The molecule has 3 nitrogen and oxygen atoms in total. The molecule has 3 rings (SSSR count). The summed E-state index contributed by atoms with van der Waals surface area (Å²) in [4.78, 5) is 11.4. The first kappa shape index (κ1) is 10.9. The van der Waals surface area contributed by atoms with Gasteiger partial charge in [0.2, 0.25) is 0 Å². The zero-order valence-electron chi connectivity index (χ0n) is 9.88. The van der Waals surface area contributed by atoms with Crippen LogP contribution in [0.2, 0.25) is 0 Å².